The predicted octanol–water partition coefficient (Wildman–Crippen LogP) is 7.33. The Bertz CT molecular complexity index is 1090. The van der Waals surface area contributed by atoms with E-state index in [0.29, 0.717) is 24.7 Å². The number of para-hydroxylation sites is 1. The number of aryl methyl sites for hydroxylation is 1. The molecule has 0 N–H and O–H groups in total. The molecule has 3 rings (SSSR count). The molecular formula is C29H31FO3. The maximum Gasteiger partial charge on any atom is 0.165 e. The van der Waals surface area contributed by atoms with Crippen molar-refractivity contribution in [3.8, 4) is 35.3 Å². The van der Waals surface area contributed by atoms with Gasteiger partial charge in [0.1, 0.15) is 5.75 Å². The monoisotopic (exact) mass is 446 g/mol. The second-order valence-corrected chi connectivity index (χ2v) is 8.04. The minimum Gasteiger partial charge on any atom is -0.490 e. The molecule has 3 aromatic carbocycles. The molecule has 0 saturated carbocycles. The van der Waals surface area contributed by atoms with E-state index in [2.05, 4.69) is 12.8 Å². The van der Waals surface area contributed by atoms with Crippen LogP contribution in [0.4, 0.5) is 4.39 Å². The summed E-state index contributed by atoms with van der Waals surface area (Å²) in [6.45, 7) is 7.07. The second-order valence-electron chi connectivity index (χ2n) is 8.04. The van der Waals surface area contributed by atoms with E-state index in [1.54, 1.807) is 24.3 Å². The second kappa shape index (κ2) is 11.4. The largest absolute Gasteiger partial charge is 0.490 e. The number of benzene rings is 3. The summed E-state index contributed by atoms with van der Waals surface area (Å²) in [6, 6.07) is 20.1. The smallest absolute Gasteiger partial charge is 0.165 e. The van der Waals surface area contributed by atoms with Crippen LogP contribution in [0.2, 0.25) is 0 Å². The highest BCUT2D eigenvalue weighted by Crippen LogP contribution is 2.36. The highest BCUT2D eigenvalue weighted by atomic mass is 19.1. The third-order valence-corrected chi connectivity index (χ3v) is 5.61. The van der Waals surface area contributed by atoms with Gasteiger partial charge in [0.2, 0.25) is 0 Å². The van der Waals surface area contributed by atoms with Gasteiger partial charge < -0.3 is 14.2 Å². The van der Waals surface area contributed by atoms with Crippen molar-refractivity contribution in [2.45, 2.75) is 45.4 Å². The third-order valence-electron chi connectivity index (χ3n) is 5.61. The van der Waals surface area contributed by atoms with Gasteiger partial charge >= 0.3 is 0 Å². The molecule has 0 spiro atoms. The Labute approximate surface area is 196 Å². The Kier molecular flexibility index (Phi) is 8.38. The van der Waals surface area contributed by atoms with Gasteiger partial charge in [-0.3, -0.25) is 0 Å². The molecule has 0 bridgehead atoms. The Balaban J connectivity index is 1.70. The molecule has 0 aliphatic heterocycles. The number of rotatable bonds is 11. The van der Waals surface area contributed by atoms with Crippen molar-refractivity contribution in [2.75, 3.05) is 13.2 Å². The van der Waals surface area contributed by atoms with Gasteiger partial charge in [-0.25, -0.2) is 4.39 Å². The topological polar surface area (TPSA) is 27.7 Å². The minimum atomic E-state index is -0.458. The lowest BCUT2D eigenvalue weighted by atomic mass is 9.78. The first-order valence-corrected chi connectivity index (χ1v) is 11.4. The highest BCUT2D eigenvalue weighted by molar-refractivity contribution is 5.47. The fraction of sp³-hybridized carbons (Fsp3) is 0.310. The van der Waals surface area contributed by atoms with E-state index >= 15 is 0 Å². The molecule has 0 heterocycles. The number of halogens is 1. The highest BCUT2D eigenvalue weighted by Gasteiger charge is 2.25. The summed E-state index contributed by atoms with van der Waals surface area (Å²) in [5, 5.41) is 0. The van der Waals surface area contributed by atoms with Crippen LogP contribution in [0.3, 0.4) is 0 Å². The summed E-state index contributed by atoms with van der Waals surface area (Å²) in [6.07, 6.45) is 8.35. The Morgan fingerprint density at radius 2 is 1.61 bits per heavy atom. The SMILES string of the molecule is C#CC(C)(CCCc1ccc(F)c(Oc2ccccc2)c1)c1ccc(OCC)c(OCC)c1. The van der Waals surface area contributed by atoms with Crippen LogP contribution in [0.15, 0.2) is 66.7 Å². The molecule has 1 atom stereocenters. The standard InChI is InChI=1S/C29H31FO3/c1-5-29(4,23-16-18-26(31-6-2)28(21-23)32-7-3)19-11-12-22-15-17-25(30)27(20-22)33-24-13-9-8-10-14-24/h1,8-10,13-18,20-21H,6-7,11-12,19H2,2-4H3. The Morgan fingerprint density at radius 3 is 2.30 bits per heavy atom. The lowest BCUT2D eigenvalue weighted by Crippen LogP contribution is -2.20. The van der Waals surface area contributed by atoms with Crippen LogP contribution in [-0.2, 0) is 11.8 Å². The van der Waals surface area contributed by atoms with Crippen LogP contribution < -0.4 is 14.2 Å². The summed E-state index contributed by atoms with van der Waals surface area (Å²) < 4.78 is 31.4. The van der Waals surface area contributed by atoms with E-state index in [1.165, 1.54) is 6.07 Å². The van der Waals surface area contributed by atoms with Crippen LogP contribution in [-0.4, -0.2) is 13.2 Å². The molecule has 172 valence electrons. The van der Waals surface area contributed by atoms with Crippen molar-refractivity contribution in [1.29, 1.82) is 0 Å². The van der Waals surface area contributed by atoms with Gasteiger partial charge in [-0.2, -0.15) is 0 Å². The van der Waals surface area contributed by atoms with Gasteiger partial charge in [0.15, 0.2) is 23.1 Å². The molecule has 0 aromatic heterocycles. The molecule has 3 aromatic rings. The van der Waals surface area contributed by atoms with Crippen molar-refractivity contribution < 1.29 is 18.6 Å². The molecule has 0 aliphatic carbocycles. The van der Waals surface area contributed by atoms with Gasteiger partial charge in [-0.15, -0.1) is 6.42 Å². The molecule has 0 amide bonds. The summed E-state index contributed by atoms with van der Waals surface area (Å²) >= 11 is 0. The van der Waals surface area contributed by atoms with E-state index < -0.39 is 5.41 Å². The lowest BCUT2D eigenvalue weighted by Gasteiger charge is -2.25. The predicted molar refractivity (Wildman–Crippen MR) is 131 cm³/mol. The summed E-state index contributed by atoms with van der Waals surface area (Å²) in [7, 11) is 0. The summed E-state index contributed by atoms with van der Waals surface area (Å²) in [5.74, 6) is 4.86. The molecule has 33 heavy (non-hydrogen) atoms. The lowest BCUT2D eigenvalue weighted by molar-refractivity contribution is 0.287. The third kappa shape index (κ3) is 6.29. The summed E-state index contributed by atoms with van der Waals surface area (Å²) in [4.78, 5) is 0. The fourth-order valence-electron chi connectivity index (χ4n) is 3.74. The molecule has 4 heteroatoms. The zero-order valence-corrected chi connectivity index (χ0v) is 19.6. The first-order valence-electron chi connectivity index (χ1n) is 11.4. The molecular weight excluding hydrogens is 415 g/mol. The minimum absolute atomic E-state index is 0.228. The van der Waals surface area contributed by atoms with Crippen molar-refractivity contribution >= 4 is 0 Å². The molecule has 0 saturated heterocycles. The molecule has 0 radical (unpaired) electrons. The van der Waals surface area contributed by atoms with Gasteiger partial charge in [-0.05, 0) is 87.6 Å². The zero-order chi connectivity index (χ0) is 23.7. The fourth-order valence-corrected chi connectivity index (χ4v) is 3.74. The maximum atomic E-state index is 14.3. The normalized spacial score (nSPS) is 12.5. The molecule has 3 nitrogen and oxygen atoms in total. The quantitative estimate of drug-likeness (QED) is 0.289. The number of ether oxygens (including phenoxy) is 3. The van der Waals surface area contributed by atoms with Crippen molar-refractivity contribution in [2.24, 2.45) is 0 Å². The van der Waals surface area contributed by atoms with Crippen molar-refractivity contribution in [1.82, 2.24) is 0 Å². The Morgan fingerprint density at radius 1 is 0.879 bits per heavy atom. The van der Waals surface area contributed by atoms with Gasteiger partial charge in [0, 0.05) is 0 Å². The van der Waals surface area contributed by atoms with E-state index in [0.717, 1.165) is 36.1 Å². The van der Waals surface area contributed by atoms with E-state index in [1.807, 2.05) is 50.2 Å². The first kappa shape index (κ1) is 24.2. The number of terminal acetylenes is 1. The molecule has 0 fully saturated rings. The van der Waals surface area contributed by atoms with E-state index in [4.69, 9.17) is 20.6 Å². The van der Waals surface area contributed by atoms with Crippen molar-refractivity contribution in [3.63, 3.8) is 0 Å². The average Bonchev–Trinajstić information content (AvgIpc) is 2.83. The van der Waals surface area contributed by atoms with Gasteiger partial charge in [0.25, 0.3) is 0 Å². The molecule has 0 aliphatic rings. The van der Waals surface area contributed by atoms with Crippen LogP contribution in [0, 0.1) is 18.2 Å². The Hall–Kier alpha value is -3.45. The number of hydrogen-bond acceptors (Lipinski definition) is 3. The van der Waals surface area contributed by atoms with E-state index in [-0.39, 0.29) is 11.6 Å². The molecule has 1 unspecified atom stereocenters. The first-order chi connectivity index (χ1) is 16.0. The van der Waals surface area contributed by atoms with Crippen LogP contribution in [0.5, 0.6) is 23.0 Å². The van der Waals surface area contributed by atoms with Gasteiger partial charge in [-0.1, -0.05) is 36.3 Å². The van der Waals surface area contributed by atoms with Crippen LogP contribution >= 0.6 is 0 Å². The maximum absolute atomic E-state index is 14.3. The van der Waals surface area contributed by atoms with E-state index in [9.17, 15) is 4.39 Å². The average molecular weight is 447 g/mol. The number of hydrogen-bond donors (Lipinski definition) is 0. The van der Waals surface area contributed by atoms with Crippen molar-refractivity contribution in [3.05, 3.63) is 83.7 Å². The summed E-state index contributed by atoms with van der Waals surface area (Å²) in [5.41, 5.74) is 1.56. The van der Waals surface area contributed by atoms with Gasteiger partial charge in [0.05, 0.1) is 18.6 Å². The van der Waals surface area contributed by atoms with Crippen LogP contribution in [0.25, 0.3) is 0 Å². The zero-order valence-electron chi connectivity index (χ0n) is 19.6. The van der Waals surface area contributed by atoms with Crippen LogP contribution in [0.1, 0.15) is 44.7 Å².